The molecule has 0 aromatic heterocycles. The number of fused-ring (bicyclic) bond motifs is 1. The van der Waals surface area contributed by atoms with Gasteiger partial charge >= 0.3 is 0 Å². The largest absolute Gasteiger partial charge is 0.235 e. The molecule has 1 aliphatic carbocycles. The predicted molar refractivity (Wildman–Crippen MR) is 58.0 cm³/mol. The molecule has 1 heteroatoms. The molecule has 1 aliphatic rings. The fourth-order valence-corrected chi connectivity index (χ4v) is 1.66. The lowest BCUT2D eigenvalue weighted by molar-refractivity contribution is 0.350. The molecule has 0 bridgehead atoms. The van der Waals surface area contributed by atoms with Crippen LogP contribution >= 0.6 is 0 Å². The highest BCUT2D eigenvalue weighted by Gasteiger charge is 2.15. The van der Waals surface area contributed by atoms with Gasteiger partial charge in [-0.1, -0.05) is 35.9 Å². The van der Waals surface area contributed by atoms with Gasteiger partial charge in [-0.25, -0.2) is 4.39 Å². The van der Waals surface area contributed by atoms with Gasteiger partial charge in [0.15, 0.2) is 0 Å². The smallest absolute Gasteiger partial charge is 0.145 e. The standard InChI is InChI=1S/C13H13F/c1-10-5-6-12-9-13(2,14)7-3-4-11(12)8-10/h3-9H,1-2H3. The number of benzene rings is 1. The number of alkyl halides is 1. The minimum absolute atomic E-state index is 0.964. The number of aryl methyl sites for hydroxylation is 1. The van der Waals surface area contributed by atoms with E-state index in [2.05, 4.69) is 6.07 Å². The number of rotatable bonds is 0. The highest BCUT2D eigenvalue weighted by atomic mass is 19.1. The van der Waals surface area contributed by atoms with Crippen LogP contribution in [0.25, 0.3) is 12.2 Å². The van der Waals surface area contributed by atoms with Crippen LogP contribution in [0.15, 0.2) is 30.4 Å². The van der Waals surface area contributed by atoms with Gasteiger partial charge in [0.05, 0.1) is 0 Å². The van der Waals surface area contributed by atoms with Crippen LogP contribution in [0.4, 0.5) is 4.39 Å². The van der Waals surface area contributed by atoms with E-state index >= 15 is 0 Å². The molecule has 0 saturated carbocycles. The quantitative estimate of drug-likeness (QED) is 0.583. The van der Waals surface area contributed by atoms with Gasteiger partial charge in [0.1, 0.15) is 5.67 Å². The molecule has 14 heavy (non-hydrogen) atoms. The molecule has 1 unspecified atom stereocenters. The first-order valence-corrected chi connectivity index (χ1v) is 4.75. The average molecular weight is 188 g/mol. The van der Waals surface area contributed by atoms with Crippen LogP contribution in [0.5, 0.6) is 0 Å². The van der Waals surface area contributed by atoms with Crippen molar-refractivity contribution < 1.29 is 4.39 Å². The molecule has 0 spiro atoms. The summed E-state index contributed by atoms with van der Waals surface area (Å²) in [6.45, 7) is 3.60. The van der Waals surface area contributed by atoms with Crippen LogP contribution in [0.2, 0.25) is 0 Å². The first-order valence-electron chi connectivity index (χ1n) is 4.75. The van der Waals surface area contributed by atoms with E-state index in [1.165, 1.54) is 5.56 Å². The summed E-state index contributed by atoms with van der Waals surface area (Å²) in [6, 6.07) is 6.04. The van der Waals surface area contributed by atoms with Crippen LogP contribution in [0.3, 0.4) is 0 Å². The van der Waals surface area contributed by atoms with E-state index in [9.17, 15) is 4.39 Å². The fraction of sp³-hybridized carbons (Fsp3) is 0.231. The van der Waals surface area contributed by atoms with Crippen molar-refractivity contribution in [3.05, 3.63) is 46.4 Å². The predicted octanol–water partition coefficient (Wildman–Crippen LogP) is 1.85. The third-order valence-electron chi connectivity index (χ3n) is 2.38. The summed E-state index contributed by atoms with van der Waals surface area (Å²) in [5, 5.41) is 2.05. The van der Waals surface area contributed by atoms with E-state index in [-0.39, 0.29) is 0 Å². The lowest BCUT2D eigenvalue weighted by Crippen LogP contribution is -2.27. The van der Waals surface area contributed by atoms with Gasteiger partial charge in [0, 0.05) is 0 Å². The monoisotopic (exact) mass is 188 g/mol. The molecular weight excluding hydrogens is 175 g/mol. The van der Waals surface area contributed by atoms with Gasteiger partial charge < -0.3 is 0 Å². The molecule has 0 fully saturated rings. The molecular formula is C13H13F. The number of hydrogen-bond acceptors (Lipinski definition) is 0. The molecule has 72 valence electrons. The van der Waals surface area contributed by atoms with E-state index in [1.807, 2.05) is 25.1 Å². The Kier molecular flexibility index (Phi) is 2.03. The molecule has 0 heterocycles. The number of halogens is 1. The van der Waals surface area contributed by atoms with E-state index < -0.39 is 5.67 Å². The maximum Gasteiger partial charge on any atom is 0.145 e. The SMILES string of the molecule is Cc1ccc2c(c1)=CC=CC(C)(F)C=2. The zero-order valence-corrected chi connectivity index (χ0v) is 8.42. The normalized spacial score (nSPS) is 24.5. The van der Waals surface area contributed by atoms with Crippen molar-refractivity contribution in [3.8, 4) is 0 Å². The molecule has 2 rings (SSSR count). The number of hydrogen-bond donors (Lipinski definition) is 0. The zero-order valence-electron chi connectivity index (χ0n) is 8.42. The van der Waals surface area contributed by atoms with Crippen molar-refractivity contribution in [3.63, 3.8) is 0 Å². The minimum atomic E-state index is -1.34. The van der Waals surface area contributed by atoms with Crippen molar-refractivity contribution in [1.29, 1.82) is 0 Å². The Morgan fingerprint density at radius 2 is 2.00 bits per heavy atom. The molecule has 0 nitrogen and oxygen atoms in total. The van der Waals surface area contributed by atoms with E-state index in [0.29, 0.717) is 0 Å². The third kappa shape index (κ3) is 1.77. The molecule has 1 aromatic carbocycles. The second-order valence-electron chi connectivity index (χ2n) is 3.95. The molecule has 0 N–H and O–H groups in total. The van der Waals surface area contributed by atoms with Gasteiger partial charge in [-0.2, -0.15) is 0 Å². The van der Waals surface area contributed by atoms with Gasteiger partial charge in [-0.15, -0.1) is 0 Å². The van der Waals surface area contributed by atoms with E-state index in [4.69, 9.17) is 0 Å². The topological polar surface area (TPSA) is 0 Å². The van der Waals surface area contributed by atoms with Crippen LogP contribution in [-0.4, -0.2) is 5.67 Å². The van der Waals surface area contributed by atoms with Gasteiger partial charge in [0.2, 0.25) is 0 Å². The molecule has 0 aliphatic heterocycles. The summed E-state index contributed by atoms with van der Waals surface area (Å²) >= 11 is 0. The summed E-state index contributed by atoms with van der Waals surface area (Å²) in [6.07, 6.45) is 6.95. The Morgan fingerprint density at radius 3 is 2.79 bits per heavy atom. The molecule has 0 radical (unpaired) electrons. The van der Waals surface area contributed by atoms with Gasteiger partial charge in [-0.05, 0) is 36.4 Å². The lowest BCUT2D eigenvalue weighted by atomic mass is 10.1. The van der Waals surface area contributed by atoms with Gasteiger partial charge in [-0.3, -0.25) is 0 Å². The van der Waals surface area contributed by atoms with Crippen LogP contribution in [0.1, 0.15) is 12.5 Å². The second-order valence-corrected chi connectivity index (χ2v) is 3.95. The summed E-state index contributed by atoms with van der Waals surface area (Å²) in [5.74, 6) is 0. The maximum absolute atomic E-state index is 13.7. The zero-order chi connectivity index (χ0) is 10.2. The summed E-state index contributed by atoms with van der Waals surface area (Å²) in [5.41, 5.74) is -0.138. The average Bonchev–Trinajstić information content (AvgIpc) is 2.22. The Balaban J connectivity index is 2.77. The summed E-state index contributed by atoms with van der Waals surface area (Å²) in [4.78, 5) is 0. The van der Waals surface area contributed by atoms with Crippen LogP contribution in [0, 0.1) is 6.92 Å². The molecule has 1 atom stereocenters. The van der Waals surface area contributed by atoms with Crippen LogP contribution < -0.4 is 10.4 Å². The summed E-state index contributed by atoms with van der Waals surface area (Å²) in [7, 11) is 0. The number of allylic oxidation sites excluding steroid dienone is 2. The van der Waals surface area contributed by atoms with Crippen molar-refractivity contribution in [2.75, 3.05) is 0 Å². The second kappa shape index (κ2) is 3.09. The highest BCUT2D eigenvalue weighted by molar-refractivity contribution is 5.50. The third-order valence-corrected chi connectivity index (χ3v) is 2.38. The summed E-state index contributed by atoms with van der Waals surface area (Å²) < 4.78 is 13.7. The Bertz CT molecular complexity index is 492. The van der Waals surface area contributed by atoms with E-state index in [1.54, 1.807) is 25.2 Å². The van der Waals surface area contributed by atoms with Crippen LogP contribution in [-0.2, 0) is 0 Å². The van der Waals surface area contributed by atoms with Crippen molar-refractivity contribution in [1.82, 2.24) is 0 Å². The molecule has 0 amide bonds. The van der Waals surface area contributed by atoms with Crippen molar-refractivity contribution >= 4 is 12.2 Å². The highest BCUT2D eigenvalue weighted by Crippen LogP contribution is 2.14. The lowest BCUT2D eigenvalue weighted by Gasteiger charge is -2.07. The molecule has 0 saturated heterocycles. The maximum atomic E-state index is 13.7. The first kappa shape index (κ1) is 9.20. The molecule has 1 aromatic rings. The fourth-order valence-electron chi connectivity index (χ4n) is 1.66. The van der Waals surface area contributed by atoms with E-state index in [0.717, 1.165) is 10.4 Å². The van der Waals surface area contributed by atoms with Crippen molar-refractivity contribution in [2.24, 2.45) is 0 Å². The Labute approximate surface area is 83.1 Å². The Morgan fingerprint density at radius 1 is 1.21 bits per heavy atom. The minimum Gasteiger partial charge on any atom is -0.235 e. The Hall–Kier alpha value is -1.37. The van der Waals surface area contributed by atoms with Gasteiger partial charge in [0.25, 0.3) is 0 Å². The first-order chi connectivity index (χ1) is 6.57. The van der Waals surface area contributed by atoms with Crippen molar-refractivity contribution in [2.45, 2.75) is 19.5 Å².